The molecule has 0 aliphatic heterocycles. The zero-order valence-electron chi connectivity index (χ0n) is 9.94. The van der Waals surface area contributed by atoms with Gasteiger partial charge in [-0.2, -0.15) is 0 Å². The fourth-order valence-electron chi connectivity index (χ4n) is 1.75. The van der Waals surface area contributed by atoms with Crippen molar-refractivity contribution in [3.05, 3.63) is 58.8 Å². The molecular weight excluding hydrogens is 212 g/mol. The standard InChI is InChI=1S/C13H8O2.C2H6/c14-13-9-5-1-3-7-11(9)15-12-8-4-2-6-10(12)13;1-2/h1-8H;1-2H3. The molecule has 86 valence electrons. The van der Waals surface area contributed by atoms with Crippen molar-refractivity contribution in [2.75, 3.05) is 0 Å². The third kappa shape index (κ3) is 1.94. The molecule has 2 nitrogen and oxygen atoms in total. The van der Waals surface area contributed by atoms with E-state index in [4.69, 9.17) is 4.42 Å². The van der Waals surface area contributed by atoms with Gasteiger partial charge in [0, 0.05) is 0 Å². The van der Waals surface area contributed by atoms with Crippen molar-refractivity contribution in [3.63, 3.8) is 0 Å². The smallest absolute Gasteiger partial charge is 0.200 e. The number of fused-ring (bicyclic) bond motifs is 2. The Bertz CT molecular complexity index is 639. The lowest BCUT2D eigenvalue weighted by Gasteiger charge is -1.99. The van der Waals surface area contributed by atoms with E-state index in [9.17, 15) is 4.79 Å². The molecule has 0 aliphatic carbocycles. The van der Waals surface area contributed by atoms with Crippen molar-refractivity contribution in [3.8, 4) is 0 Å². The minimum absolute atomic E-state index is 0.0347. The summed E-state index contributed by atoms with van der Waals surface area (Å²) in [6.45, 7) is 4.00. The summed E-state index contributed by atoms with van der Waals surface area (Å²) in [5.74, 6) is 0. The number of para-hydroxylation sites is 2. The van der Waals surface area contributed by atoms with Crippen LogP contribution in [0.1, 0.15) is 13.8 Å². The van der Waals surface area contributed by atoms with Crippen LogP contribution in [0.3, 0.4) is 0 Å². The molecule has 1 aromatic heterocycles. The number of hydrogen-bond acceptors (Lipinski definition) is 2. The van der Waals surface area contributed by atoms with E-state index in [-0.39, 0.29) is 5.43 Å². The molecule has 0 N–H and O–H groups in total. The second kappa shape index (κ2) is 4.83. The quantitative estimate of drug-likeness (QED) is 0.543. The average Bonchev–Trinajstić information content (AvgIpc) is 2.41. The molecule has 0 spiro atoms. The van der Waals surface area contributed by atoms with Crippen LogP contribution >= 0.6 is 0 Å². The zero-order valence-corrected chi connectivity index (χ0v) is 9.94. The topological polar surface area (TPSA) is 30.2 Å². The van der Waals surface area contributed by atoms with E-state index in [0.717, 1.165) is 0 Å². The summed E-state index contributed by atoms with van der Waals surface area (Å²) < 4.78 is 5.63. The van der Waals surface area contributed by atoms with Gasteiger partial charge in [-0.05, 0) is 24.3 Å². The molecule has 1 heterocycles. The van der Waals surface area contributed by atoms with Crippen molar-refractivity contribution in [1.29, 1.82) is 0 Å². The van der Waals surface area contributed by atoms with Crippen molar-refractivity contribution in [2.45, 2.75) is 13.8 Å². The van der Waals surface area contributed by atoms with E-state index in [2.05, 4.69) is 0 Å². The van der Waals surface area contributed by atoms with Crippen LogP contribution in [0.15, 0.2) is 57.7 Å². The van der Waals surface area contributed by atoms with Gasteiger partial charge in [-0.1, -0.05) is 38.1 Å². The third-order valence-corrected chi connectivity index (χ3v) is 2.48. The van der Waals surface area contributed by atoms with Crippen LogP contribution < -0.4 is 5.43 Å². The Labute approximate surface area is 99.5 Å². The fourth-order valence-corrected chi connectivity index (χ4v) is 1.75. The van der Waals surface area contributed by atoms with Crippen LogP contribution in [0, 0.1) is 0 Å². The molecule has 2 aromatic carbocycles. The summed E-state index contributed by atoms with van der Waals surface area (Å²) in [6.07, 6.45) is 0. The lowest BCUT2D eigenvalue weighted by atomic mass is 10.1. The van der Waals surface area contributed by atoms with Gasteiger partial charge in [0.05, 0.1) is 10.8 Å². The maximum Gasteiger partial charge on any atom is 0.200 e. The van der Waals surface area contributed by atoms with Gasteiger partial charge in [-0.15, -0.1) is 0 Å². The van der Waals surface area contributed by atoms with Crippen molar-refractivity contribution < 1.29 is 4.42 Å². The summed E-state index contributed by atoms with van der Waals surface area (Å²) in [6, 6.07) is 14.6. The summed E-state index contributed by atoms with van der Waals surface area (Å²) in [4.78, 5) is 12.0. The predicted octanol–water partition coefficient (Wildman–Crippen LogP) is 3.97. The van der Waals surface area contributed by atoms with Crippen molar-refractivity contribution in [1.82, 2.24) is 0 Å². The summed E-state index contributed by atoms with van der Waals surface area (Å²) in [7, 11) is 0. The molecule has 0 bridgehead atoms. The Morgan fingerprint density at radius 3 is 1.65 bits per heavy atom. The van der Waals surface area contributed by atoms with E-state index in [0.29, 0.717) is 21.9 Å². The molecule has 3 aromatic rings. The normalized spacial score (nSPS) is 10.0. The molecule has 2 heteroatoms. The molecule has 3 rings (SSSR count). The molecule has 0 unspecified atom stereocenters. The van der Waals surface area contributed by atoms with E-state index in [1.54, 1.807) is 12.1 Å². The molecule has 0 amide bonds. The summed E-state index contributed by atoms with van der Waals surface area (Å²) in [5, 5.41) is 1.27. The van der Waals surface area contributed by atoms with Gasteiger partial charge in [0.15, 0.2) is 0 Å². The van der Waals surface area contributed by atoms with Crippen LogP contribution in [0.5, 0.6) is 0 Å². The van der Waals surface area contributed by atoms with E-state index in [1.165, 1.54) is 0 Å². The van der Waals surface area contributed by atoms with E-state index >= 15 is 0 Å². The van der Waals surface area contributed by atoms with Gasteiger partial charge >= 0.3 is 0 Å². The lowest BCUT2D eigenvalue weighted by Crippen LogP contribution is -2.01. The molecule has 0 atom stereocenters. The fraction of sp³-hybridized carbons (Fsp3) is 0.133. The SMILES string of the molecule is CC.O=c1c2ccccc2oc2ccccc12. The summed E-state index contributed by atoms with van der Waals surface area (Å²) >= 11 is 0. The first-order valence-electron chi connectivity index (χ1n) is 5.77. The first kappa shape index (κ1) is 11.4. The Kier molecular flexibility index (Phi) is 3.24. The first-order chi connectivity index (χ1) is 8.36. The minimum atomic E-state index is 0.0347. The largest absolute Gasteiger partial charge is 0.456 e. The Morgan fingerprint density at radius 1 is 0.765 bits per heavy atom. The maximum atomic E-state index is 12.0. The zero-order chi connectivity index (χ0) is 12.3. The highest BCUT2D eigenvalue weighted by molar-refractivity contribution is 5.89. The molecule has 0 saturated carbocycles. The Hall–Kier alpha value is -2.09. The van der Waals surface area contributed by atoms with Gasteiger partial charge in [0.2, 0.25) is 5.43 Å². The van der Waals surface area contributed by atoms with E-state index < -0.39 is 0 Å². The molecule has 0 saturated heterocycles. The minimum Gasteiger partial charge on any atom is -0.456 e. The first-order valence-corrected chi connectivity index (χ1v) is 5.77. The van der Waals surface area contributed by atoms with E-state index in [1.807, 2.05) is 50.2 Å². The highest BCUT2D eigenvalue weighted by Gasteiger charge is 2.04. The van der Waals surface area contributed by atoms with Crippen LogP contribution in [-0.2, 0) is 0 Å². The summed E-state index contributed by atoms with van der Waals surface area (Å²) in [5.41, 5.74) is 1.31. The van der Waals surface area contributed by atoms with Crippen molar-refractivity contribution in [2.24, 2.45) is 0 Å². The molecule has 0 fully saturated rings. The van der Waals surface area contributed by atoms with Gasteiger partial charge < -0.3 is 4.42 Å². The lowest BCUT2D eigenvalue weighted by molar-refractivity contribution is 0.660. The Balaban J connectivity index is 0.000000514. The van der Waals surface area contributed by atoms with Gasteiger partial charge in [0.1, 0.15) is 11.2 Å². The van der Waals surface area contributed by atoms with Crippen LogP contribution in [0.25, 0.3) is 21.9 Å². The maximum absolute atomic E-state index is 12.0. The van der Waals surface area contributed by atoms with Crippen LogP contribution in [0.4, 0.5) is 0 Å². The Morgan fingerprint density at radius 2 is 1.18 bits per heavy atom. The van der Waals surface area contributed by atoms with Gasteiger partial charge in [0.25, 0.3) is 0 Å². The molecular formula is C15H14O2. The predicted molar refractivity (Wildman–Crippen MR) is 71.3 cm³/mol. The van der Waals surface area contributed by atoms with Crippen LogP contribution in [0.2, 0.25) is 0 Å². The second-order valence-electron chi connectivity index (χ2n) is 3.42. The molecule has 17 heavy (non-hydrogen) atoms. The average molecular weight is 226 g/mol. The van der Waals surface area contributed by atoms with Gasteiger partial charge in [-0.25, -0.2) is 0 Å². The number of benzene rings is 2. The van der Waals surface area contributed by atoms with Crippen LogP contribution in [-0.4, -0.2) is 0 Å². The highest BCUT2D eigenvalue weighted by Crippen LogP contribution is 2.17. The molecule has 0 aliphatic rings. The monoisotopic (exact) mass is 226 g/mol. The number of hydrogen-bond donors (Lipinski definition) is 0. The van der Waals surface area contributed by atoms with Gasteiger partial charge in [-0.3, -0.25) is 4.79 Å². The third-order valence-electron chi connectivity index (χ3n) is 2.48. The van der Waals surface area contributed by atoms with Crippen molar-refractivity contribution >= 4 is 21.9 Å². The highest BCUT2D eigenvalue weighted by atomic mass is 16.3. The second-order valence-corrected chi connectivity index (χ2v) is 3.42. The number of rotatable bonds is 0. The molecule has 0 radical (unpaired) electrons.